The van der Waals surface area contributed by atoms with E-state index in [0.717, 1.165) is 12.0 Å². The Morgan fingerprint density at radius 3 is 2.50 bits per heavy atom. The van der Waals surface area contributed by atoms with Gasteiger partial charge in [0.1, 0.15) is 5.82 Å². The number of benzene rings is 2. The lowest BCUT2D eigenvalue weighted by Gasteiger charge is -2.08. The minimum absolute atomic E-state index is 0.236. The highest BCUT2D eigenvalue weighted by Crippen LogP contribution is 2.19. The first-order valence-corrected chi connectivity index (χ1v) is 6.47. The van der Waals surface area contributed by atoms with Gasteiger partial charge in [0, 0.05) is 12.1 Å². The molecule has 0 amide bonds. The van der Waals surface area contributed by atoms with Gasteiger partial charge in [0.05, 0.1) is 7.11 Å². The summed E-state index contributed by atoms with van der Waals surface area (Å²) in [5.41, 5.74) is 1.62. The summed E-state index contributed by atoms with van der Waals surface area (Å²) in [6.07, 6.45) is 0.770. The second-order valence-corrected chi connectivity index (χ2v) is 4.49. The van der Waals surface area contributed by atoms with E-state index in [9.17, 15) is 8.78 Å². The average molecular weight is 277 g/mol. The van der Waals surface area contributed by atoms with Gasteiger partial charge in [-0.3, -0.25) is 0 Å². The molecule has 0 saturated heterocycles. The van der Waals surface area contributed by atoms with Crippen LogP contribution in [0.3, 0.4) is 0 Å². The highest BCUT2D eigenvalue weighted by molar-refractivity contribution is 5.30. The molecule has 0 spiro atoms. The molecule has 0 heterocycles. The van der Waals surface area contributed by atoms with E-state index in [2.05, 4.69) is 5.32 Å². The molecule has 0 unspecified atom stereocenters. The lowest BCUT2D eigenvalue weighted by Crippen LogP contribution is -2.17. The fraction of sp³-hybridized carbons (Fsp3) is 0.250. The second kappa shape index (κ2) is 7.01. The first-order valence-electron chi connectivity index (χ1n) is 6.47. The van der Waals surface area contributed by atoms with Crippen molar-refractivity contribution in [1.82, 2.24) is 5.32 Å². The number of hydrogen-bond donors (Lipinski definition) is 1. The Morgan fingerprint density at radius 2 is 1.80 bits per heavy atom. The summed E-state index contributed by atoms with van der Waals surface area (Å²) in [6.45, 7) is 1.13. The van der Waals surface area contributed by atoms with E-state index in [0.29, 0.717) is 18.7 Å². The van der Waals surface area contributed by atoms with E-state index < -0.39 is 0 Å². The van der Waals surface area contributed by atoms with Gasteiger partial charge in [-0.05, 0) is 36.7 Å². The molecule has 0 aliphatic rings. The first kappa shape index (κ1) is 14.5. The molecule has 0 radical (unpaired) electrons. The molecule has 2 rings (SSSR count). The van der Waals surface area contributed by atoms with Crippen LogP contribution < -0.4 is 10.1 Å². The molecule has 0 saturated carbocycles. The van der Waals surface area contributed by atoms with Crippen LogP contribution in [0.25, 0.3) is 0 Å². The van der Waals surface area contributed by atoms with Crippen LogP contribution in [-0.4, -0.2) is 13.7 Å². The summed E-state index contributed by atoms with van der Waals surface area (Å²) in [5, 5.41) is 3.17. The summed E-state index contributed by atoms with van der Waals surface area (Å²) < 4.78 is 31.5. The van der Waals surface area contributed by atoms with Crippen LogP contribution in [0, 0.1) is 11.6 Å². The predicted octanol–water partition coefficient (Wildman–Crippen LogP) is 3.31. The molecule has 106 valence electrons. The minimum Gasteiger partial charge on any atom is -0.494 e. The molecule has 2 aromatic carbocycles. The van der Waals surface area contributed by atoms with Crippen molar-refractivity contribution >= 4 is 0 Å². The van der Waals surface area contributed by atoms with Gasteiger partial charge in [-0.2, -0.15) is 0 Å². The van der Waals surface area contributed by atoms with Crippen molar-refractivity contribution in [3.05, 3.63) is 65.2 Å². The van der Waals surface area contributed by atoms with Crippen molar-refractivity contribution < 1.29 is 13.5 Å². The van der Waals surface area contributed by atoms with Crippen molar-refractivity contribution in [2.45, 2.75) is 13.0 Å². The largest absolute Gasteiger partial charge is 0.494 e. The summed E-state index contributed by atoms with van der Waals surface area (Å²) in [6, 6.07) is 11.5. The Balaban J connectivity index is 1.83. The van der Waals surface area contributed by atoms with Gasteiger partial charge in [-0.15, -0.1) is 0 Å². The molecule has 2 aromatic rings. The van der Waals surface area contributed by atoms with Crippen LogP contribution in [0.15, 0.2) is 42.5 Å². The molecule has 4 heteroatoms. The number of nitrogens with one attached hydrogen (secondary N) is 1. The van der Waals surface area contributed by atoms with Gasteiger partial charge in [0.2, 0.25) is 0 Å². The van der Waals surface area contributed by atoms with Gasteiger partial charge in [0.25, 0.3) is 0 Å². The first-order chi connectivity index (χ1) is 9.70. The van der Waals surface area contributed by atoms with E-state index in [1.807, 2.05) is 0 Å². The molecule has 0 aliphatic carbocycles. The molecule has 0 fully saturated rings. The maximum Gasteiger partial charge on any atom is 0.169 e. The third kappa shape index (κ3) is 3.78. The highest BCUT2D eigenvalue weighted by atomic mass is 19.1. The van der Waals surface area contributed by atoms with Crippen LogP contribution in [-0.2, 0) is 13.0 Å². The molecule has 2 nitrogen and oxygen atoms in total. The third-order valence-electron chi connectivity index (χ3n) is 3.08. The normalized spacial score (nSPS) is 10.6. The standard InChI is InChI=1S/C16H17F2NO/c1-20-15-4-2-3-13(16(15)18)11-19-10-9-12-5-7-14(17)8-6-12/h2-8,19H,9-11H2,1H3. The van der Waals surface area contributed by atoms with E-state index in [1.54, 1.807) is 30.3 Å². The summed E-state index contributed by atoms with van der Waals surface area (Å²) in [7, 11) is 1.45. The molecule has 0 aromatic heterocycles. The fourth-order valence-electron chi connectivity index (χ4n) is 1.96. The van der Waals surface area contributed by atoms with Crippen LogP contribution in [0.2, 0.25) is 0 Å². The van der Waals surface area contributed by atoms with Gasteiger partial charge in [0.15, 0.2) is 11.6 Å². The van der Waals surface area contributed by atoms with Gasteiger partial charge in [-0.25, -0.2) is 8.78 Å². The fourth-order valence-corrected chi connectivity index (χ4v) is 1.96. The molecule has 20 heavy (non-hydrogen) atoms. The topological polar surface area (TPSA) is 21.3 Å². The van der Waals surface area contributed by atoms with Crippen molar-refractivity contribution in [2.75, 3.05) is 13.7 Å². The smallest absolute Gasteiger partial charge is 0.169 e. The van der Waals surface area contributed by atoms with Crippen LogP contribution in [0.5, 0.6) is 5.75 Å². The Morgan fingerprint density at radius 1 is 1.05 bits per heavy atom. The van der Waals surface area contributed by atoms with Gasteiger partial charge < -0.3 is 10.1 Å². The number of halogens is 2. The molecule has 1 N–H and O–H groups in total. The zero-order valence-corrected chi connectivity index (χ0v) is 11.3. The molecular weight excluding hydrogens is 260 g/mol. The Hall–Kier alpha value is -1.94. The van der Waals surface area contributed by atoms with E-state index in [-0.39, 0.29) is 17.4 Å². The van der Waals surface area contributed by atoms with Crippen molar-refractivity contribution in [2.24, 2.45) is 0 Å². The Labute approximate surface area is 117 Å². The minimum atomic E-state index is -0.329. The average Bonchev–Trinajstić information content (AvgIpc) is 2.47. The maximum atomic E-state index is 13.9. The summed E-state index contributed by atoms with van der Waals surface area (Å²) in [5.74, 6) is -0.313. The second-order valence-electron chi connectivity index (χ2n) is 4.49. The Kier molecular flexibility index (Phi) is 5.07. The number of rotatable bonds is 6. The molecular formula is C16H17F2NO. The Bertz CT molecular complexity index is 555. The van der Waals surface area contributed by atoms with E-state index in [1.165, 1.54) is 19.2 Å². The predicted molar refractivity (Wildman–Crippen MR) is 74.8 cm³/mol. The third-order valence-corrected chi connectivity index (χ3v) is 3.08. The molecule has 0 aliphatic heterocycles. The van der Waals surface area contributed by atoms with Gasteiger partial charge in [-0.1, -0.05) is 24.3 Å². The van der Waals surface area contributed by atoms with Crippen molar-refractivity contribution in [3.8, 4) is 5.75 Å². The summed E-state index contributed by atoms with van der Waals surface area (Å²) >= 11 is 0. The molecule has 0 atom stereocenters. The monoisotopic (exact) mass is 277 g/mol. The van der Waals surface area contributed by atoms with Crippen LogP contribution in [0.1, 0.15) is 11.1 Å². The van der Waals surface area contributed by atoms with Crippen LogP contribution >= 0.6 is 0 Å². The number of ether oxygens (including phenoxy) is 1. The summed E-state index contributed by atoms with van der Waals surface area (Å²) in [4.78, 5) is 0. The quantitative estimate of drug-likeness (QED) is 0.818. The van der Waals surface area contributed by atoms with Crippen molar-refractivity contribution in [1.29, 1.82) is 0 Å². The zero-order chi connectivity index (χ0) is 14.4. The number of methoxy groups -OCH3 is 1. The zero-order valence-electron chi connectivity index (χ0n) is 11.3. The van der Waals surface area contributed by atoms with Crippen molar-refractivity contribution in [3.63, 3.8) is 0 Å². The van der Waals surface area contributed by atoms with E-state index in [4.69, 9.17) is 4.74 Å². The van der Waals surface area contributed by atoms with E-state index >= 15 is 0 Å². The SMILES string of the molecule is COc1cccc(CNCCc2ccc(F)cc2)c1F. The lowest BCUT2D eigenvalue weighted by atomic mass is 10.1. The van der Waals surface area contributed by atoms with Gasteiger partial charge >= 0.3 is 0 Å². The molecule has 0 bridgehead atoms. The highest BCUT2D eigenvalue weighted by Gasteiger charge is 2.07. The number of hydrogen-bond acceptors (Lipinski definition) is 2. The lowest BCUT2D eigenvalue weighted by molar-refractivity contribution is 0.383. The van der Waals surface area contributed by atoms with Crippen LogP contribution in [0.4, 0.5) is 8.78 Å². The maximum absolute atomic E-state index is 13.9.